The molecule has 5 nitrogen and oxygen atoms in total. The molecule has 0 amide bonds. The van der Waals surface area contributed by atoms with Gasteiger partial charge in [0, 0.05) is 17.1 Å². The molecule has 0 aliphatic carbocycles. The topological polar surface area (TPSA) is 78.9 Å². The summed E-state index contributed by atoms with van der Waals surface area (Å²) in [5.74, 6) is 0.656. The first kappa shape index (κ1) is 12.0. The number of aromatic amines is 1. The molecule has 21 heavy (non-hydrogen) atoms. The number of H-pyrrole nitrogens is 1. The first-order valence-electron chi connectivity index (χ1n) is 6.29. The van der Waals surface area contributed by atoms with Crippen LogP contribution in [0.4, 0.5) is 0 Å². The Kier molecular flexibility index (Phi) is 2.52. The Hall–Kier alpha value is -2.73. The first-order valence-corrected chi connectivity index (χ1v) is 7.11. The number of nitrogens with one attached hydrogen (secondary N) is 1. The highest BCUT2D eigenvalue weighted by Gasteiger charge is 2.12. The molecule has 4 aromatic rings. The summed E-state index contributed by atoms with van der Waals surface area (Å²) in [7, 11) is 0. The molecule has 0 bridgehead atoms. The van der Waals surface area contributed by atoms with Crippen molar-refractivity contribution in [1.82, 2.24) is 15.0 Å². The maximum absolute atomic E-state index is 12.2. The van der Waals surface area contributed by atoms with Crippen molar-refractivity contribution in [2.75, 3.05) is 0 Å². The predicted molar refractivity (Wildman–Crippen MR) is 82.6 cm³/mol. The molecule has 0 radical (unpaired) electrons. The summed E-state index contributed by atoms with van der Waals surface area (Å²) in [5, 5.41) is 10.2. The molecule has 3 aromatic heterocycles. The molecule has 3 heterocycles. The van der Waals surface area contributed by atoms with Crippen LogP contribution in [0, 0.1) is 0 Å². The standard InChI is InChI=1S/C15H9N3O2S/c19-9-5-3-8(4-6-9)13-17-11-10-2-1-7-16-15(10)21-12(11)14(20)18-13/h1-7,19H,(H,17,18,20). The van der Waals surface area contributed by atoms with Crippen LogP contribution in [0.3, 0.4) is 0 Å². The molecule has 4 rings (SSSR count). The van der Waals surface area contributed by atoms with Gasteiger partial charge in [-0.05, 0) is 36.4 Å². The molecule has 0 aliphatic rings. The van der Waals surface area contributed by atoms with Gasteiger partial charge in [-0.15, -0.1) is 11.3 Å². The summed E-state index contributed by atoms with van der Waals surface area (Å²) in [6.07, 6.45) is 1.70. The van der Waals surface area contributed by atoms with Gasteiger partial charge < -0.3 is 10.1 Å². The molecular formula is C15H9N3O2S. The fourth-order valence-electron chi connectivity index (χ4n) is 2.24. The Balaban J connectivity index is 2.05. The lowest BCUT2D eigenvalue weighted by Gasteiger charge is -2.01. The first-order chi connectivity index (χ1) is 10.2. The Bertz CT molecular complexity index is 1020. The van der Waals surface area contributed by atoms with E-state index in [4.69, 9.17) is 0 Å². The lowest BCUT2D eigenvalue weighted by molar-refractivity contribution is 0.475. The molecule has 0 spiro atoms. The number of nitrogens with zero attached hydrogens (tertiary/aromatic N) is 2. The van der Waals surface area contributed by atoms with Gasteiger partial charge in [0.2, 0.25) is 0 Å². The van der Waals surface area contributed by atoms with Crippen LogP contribution >= 0.6 is 11.3 Å². The van der Waals surface area contributed by atoms with Gasteiger partial charge in [0.25, 0.3) is 5.56 Å². The zero-order valence-electron chi connectivity index (χ0n) is 10.7. The minimum Gasteiger partial charge on any atom is -0.508 e. The van der Waals surface area contributed by atoms with Gasteiger partial charge in [-0.25, -0.2) is 9.97 Å². The molecule has 0 saturated carbocycles. The van der Waals surface area contributed by atoms with Crippen LogP contribution in [0.1, 0.15) is 0 Å². The molecule has 102 valence electrons. The van der Waals surface area contributed by atoms with Crippen molar-refractivity contribution in [3.63, 3.8) is 0 Å². The van der Waals surface area contributed by atoms with E-state index >= 15 is 0 Å². The highest BCUT2D eigenvalue weighted by atomic mass is 32.1. The van der Waals surface area contributed by atoms with Crippen molar-refractivity contribution in [2.24, 2.45) is 0 Å². The van der Waals surface area contributed by atoms with Gasteiger partial charge in [-0.2, -0.15) is 0 Å². The lowest BCUT2D eigenvalue weighted by Crippen LogP contribution is -2.07. The highest BCUT2D eigenvalue weighted by Crippen LogP contribution is 2.29. The van der Waals surface area contributed by atoms with Crippen LogP contribution in [0.15, 0.2) is 47.4 Å². The number of thiophene rings is 1. The van der Waals surface area contributed by atoms with Crippen molar-refractivity contribution in [1.29, 1.82) is 0 Å². The highest BCUT2D eigenvalue weighted by molar-refractivity contribution is 7.25. The third kappa shape index (κ3) is 1.88. The normalized spacial score (nSPS) is 11.2. The van der Waals surface area contributed by atoms with Gasteiger partial charge in [0.1, 0.15) is 21.1 Å². The molecule has 0 aliphatic heterocycles. The molecule has 1 aromatic carbocycles. The minimum atomic E-state index is -0.175. The quantitative estimate of drug-likeness (QED) is 0.566. The van der Waals surface area contributed by atoms with E-state index in [-0.39, 0.29) is 11.3 Å². The second-order valence-corrected chi connectivity index (χ2v) is 5.60. The summed E-state index contributed by atoms with van der Waals surface area (Å²) in [5.41, 5.74) is 1.23. The van der Waals surface area contributed by atoms with E-state index in [1.54, 1.807) is 30.5 Å². The maximum Gasteiger partial charge on any atom is 0.269 e. The number of fused-ring (bicyclic) bond motifs is 3. The van der Waals surface area contributed by atoms with Crippen LogP contribution in [0.25, 0.3) is 31.8 Å². The van der Waals surface area contributed by atoms with Crippen LogP contribution in [-0.4, -0.2) is 20.1 Å². The summed E-state index contributed by atoms with van der Waals surface area (Å²) < 4.78 is 0.575. The van der Waals surface area contributed by atoms with Crippen LogP contribution in [-0.2, 0) is 0 Å². The number of pyridine rings is 1. The zero-order valence-corrected chi connectivity index (χ0v) is 11.5. The predicted octanol–water partition coefficient (Wildman–Crippen LogP) is 2.91. The average molecular weight is 295 g/mol. The van der Waals surface area contributed by atoms with E-state index < -0.39 is 0 Å². The SMILES string of the molecule is O=c1[nH]c(-c2ccc(O)cc2)nc2c1sc1ncccc12. The Morgan fingerprint density at radius 2 is 1.95 bits per heavy atom. The molecule has 2 N–H and O–H groups in total. The van der Waals surface area contributed by atoms with E-state index in [0.29, 0.717) is 16.0 Å². The van der Waals surface area contributed by atoms with E-state index in [1.165, 1.54) is 11.3 Å². The number of aromatic hydroxyl groups is 1. The third-order valence-corrected chi connectivity index (χ3v) is 4.34. The Labute approximate surface area is 122 Å². The summed E-state index contributed by atoms with van der Waals surface area (Å²) in [6, 6.07) is 10.3. The van der Waals surface area contributed by atoms with Gasteiger partial charge in [0.05, 0.1) is 5.52 Å². The average Bonchev–Trinajstić information content (AvgIpc) is 2.87. The molecule has 0 unspecified atom stereocenters. The van der Waals surface area contributed by atoms with Crippen LogP contribution < -0.4 is 5.56 Å². The van der Waals surface area contributed by atoms with Gasteiger partial charge >= 0.3 is 0 Å². The van der Waals surface area contributed by atoms with E-state index in [1.807, 2.05) is 12.1 Å². The number of phenols is 1. The third-order valence-electron chi connectivity index (χ3n) is 3.24. The number of hydrogen-bond acceptors (Lipinski definition) is 5. The number of aromatic nitrogens is 3. The number of hydrogen-bond donors (Lipinski definition) is 2. The zero-order chi connectivity index (χ0) is 14.4. The molecule has 6 heteroatoms. The minimum absolute atomic E-state index is 0.173. The molecule has 0 saturated heterocycles. The molecule has 0 fully saturated rings. The van der Waals surface area contributed by atoms with Crippen molar-refractivity contribution in [2.45, 2.75) is 0 Å². The van der Waals surface area contributed by atoms with E-state index in [0.717, 1.165) is 15.8 Å². The van der Waals surface area contributed by atoms with Crippen molar-refractivity contribution < 1.29 is 5.11 Å². The van der Waals surface area contributed by atoms with Crippen molar-refractivity contribution in [3.8, 4) is 17.1 Å². The Morgan fingerprint density at radius 1 is 1.14 bits per heavy atom. The largest absolute Gasteiger partial charge is 0.508 e. The second kappa shape index (κ2) is 4.39. The van der Waals surface area contributed by atoms with Crippen molar-refractivity contribution >= 4 is 31.8 Å². The lowest BCUT2D eigenvalue weighted by atomic mass is 10.2. The van der Waals surface area contributed by atoms with Gasteiger partial charge in [0.15, 0.2) is 0 Å². The Morgan fingerprint density at radius 3 is 2.76 bits per heavy atom. The van der Waals surface area contributed by atoms with E-state index in [9.17, 15) is 9.90 Å². The van der Waals surface area contributed by atoms with Crippen molar-refractivity contribution in [3.05, 3.63) is 52.9 Å². The van der Waals surface area contributed by atoms with Crippen LogP contribution in [0.2, 0.25) is 0 Å². The monoisotopic (exact) mass is 295 g/mol. The molecule has 0 atom stereocenters. The number of benzene rings is 1. The van der Waals surface area contributed by atoms with Crippen LogP contribution in [0.5, 0.6) is 5.75 Å². The van der Waals surface area contributed by atoms with Gasteiger partial charge in [-0.1, -0.05) is 0 Å². The van der Waals surface area contributed by atoms with Gasteiger partial charge in [-0.3, -0.25) is 4.79 Å². The smallest absolute Gasteiger partial charge is 0.269 e. The summed E-state index contributed by atoms with van der Waals surface area (Å²) in [4.78, 5) is 24.7. The van der Waals surface area contributed by atoms with E-state index in [2.05, 4.69) is 15.0 Å². The number of rotatable bonds is 1. The number of phenolic OH excluding ortho intramolecular Hbond substituents is 1. The summed E-state index contributed by atoms with van der Waals surface area (Å²) in [6.45, 7) is 0. The fraction of sp³-hybridized carbons (Fsp3) is 0. The second-order valence-electron chi connectivity index (χ2n) is 4.60. The molecular weight excluding hydrogens is 286 g/mol. The maximum atomic E-state index is 12.2. The summed E-state index contributed by atoms with van der Waals surface area (Å²) >= 11 is 1.34. The fourth-order valence-corrected chi connectivity index (χ4v) is 3.22.